The minimum atomic E-state index is -1.13. The molecule has 0 amide bonds. The monoisotopic (exact) mass is 276 g/mol. The summed E-state index contributed by atoms with van der Waals surface area (Å²) in [5.41, 5.74) is 2.92. The Morgan fingerprint density at radius 1 is 0.762 bits per heavy atom. The predicted octanol–water partition coefficient (Wildman–Crippen LogP) is 3.51. The van der Waals surface area contributed by atoms with Crippen LogP contribution in [0.15, 0.2) is 66.7 Å². The highest BCUT2D eigenvalue weighted by Crippen LogP contribution is 2.23. The first-order valence-corrected chi connectivity index (χ1v) is 6.47. The average Bonchev–Trinajstić information content (AvgIpc) is 2.56. The molecule has 1 heterocycles. The fourth-order valence-corrected chi connectivity index (χ4v) is 2.06. The van der Waals surface area contributed by atoms with Gasteiger partial charge >= 0.3 is 5.97 Å². The third kappa shape index (κ3) is 2.79. The third-order valence-corrected chi connectivity index (χ3v) is 3.06. The van der Waals surface area contributed by atoms with E-state index in [0.717, 1.165) is 11.1 Å². The van der Waals surface area contributed by atoms with E-state index in [-0.39, 0.29) is 5.82 Å². The van der Waals surface area contributed by atoms with Gasteiger partial charge < -0.3 is 5.11 Å². The molecule has 0 aliphatic carbocycles. The summed E-state index contributed by atoms with van der Waals surface area (Å²) in [6, 6.07) is 20.7. The molecule has 0 saturated carbocycles. The van der Waals surface area contributed by atoms with Crippen molar-refractivity contribution in [1.82, 2.24) is 9.97 Å². The van der Waals surface area contributed by atoms with Gasteiger partial charge in [0.25, 0.3) is 0 Å². The summed E-state index contributed by atoms with van der Waals surface area (Å²) in [6.07, 6.45) is 0. The summed E-state index contributed by atoms with van der Waals surface area (Å²) in [4.78, 5) is 19.5. The lowest BCUT2D eigenvalue weighted by molar-refractivity contribution is 0.0683. The van der Waals surface area contributed by atoms with Gasteiger partial charge in [-0.1, -0.05) is 60.7 Å². The van der Waals surface area contributed by atoms with Crippen molar-refractivity contribution in [2.75, 3.05) is 0 Å². The average molecular weight is 276 g/mol. The Labute approximate surface area is 121 Å². The summed E-state index contributed by atoms with van der Waals surface area (Å²) < 4.78 is 0. The molecule has 3 rings (SSSR count). The fourth-order valence-electron chi connectivity index (χ4n) is 2.06. The summed E-state index contributed by atoms with van der Waals surface area (Å²) in [7, 11) is 0. The van der Waals surface area contributed by atoms with Crippen molar-refractivity contribution in [3.8, 4) is 22.5 Å². The minimum Gasteiger partial charge on any atom is -0.475 e. The van der Waals surface area contributed by atoms with E-state index in [0.29, 0.717) is 11.4 Å². The summed E-state index contributed by atoms with van der Waals surface area (Å²) in [5.74, 6) is -1.33. The maximum Gasteiger partial charge on any atom is 0.373 e. The van der Waals surface area contributed by atoms with E-state index < -0.39 is 5.97 Å². The van der Waals surface area contributed by atoms with Crippen molar-refractivity contribution in [2.24, 2.45) is 0 Å². The van der Waals surface area contributed by atoms with Crippen molar-refractivity contribution in [3.05, 3.63) is 72.6 Å². The van der Waals surface area contributed by atoms with Gasteiger partial charge in [-0.3, -0.25) is 0 Å². The molecule has 0 fully saturated rings. The number of carboxylic acid groups (broad SMARTS) is 1. The minimum absolute atomic E-state index is 0.199. The Hall–Kier alpha value is -3.01. The molecule has 0 atom stereocenters. The van der Waals surface area contributed by atoms with Crippen LogP contribution in [0.1, 0.15) is 10.6 Å². The van der Waals surface area contributed by atoms with Crippen LogP contribution in [0.2, 0.25) is 0 Å². The zero-order chi connectivity index (χ0) is 14.7. The molecule has 1 N–H and O–H groups in total. The van der Waals surface area contributed by atoms with Gasteiger partial charge in [0.15, 0.2) is 0 Å². The van der Waals surface area contributed by atoms with Gasteiger partial charge in [0.1, 0.15) is 0 Å². The molecule has 0 radical (unpaired) electrons. The molecule has 1 aromatic heterocycles. The Morgan fingerprint density at radius 2 is 1.19 bits per heavy atom. The lowest BCUT2D eigenvalue weighted by atomic mass is 10.1. The summed E-state index contributed by atoms with van der Waals surface area (Å²) in [6.45, 7) is 0. The topological polar surface area (TPSA) is 63.1 Å². The number of aromatic carboxylic acids is 1. The van der Waals surface area contributed by atoms with Crippen LogP contribution in [0, 0.1) is 0 Å². The van der Waals surface area contributed by atoms with E-state index in [2.05, 4.69) is 9.97 Å². The molecule has 21 heavy (non-hydrogen) atoms. The molecule has 3 aromatic rings. The first-order valence-electron chi connectivity index (χ1n) is 6.47. The van der Waals surface area contributed by atoms with Crippen molar-refractivity contribution in [3.63, 3.8) is 0 Å². The Bertz CT molecular complexity index is 714. The van der Waals surface area contributed by atoms with Crippen LogP contribution in [0.4, 0.5) is 0 Å². The van der Waals surface area contributed by atoms with Gasteiger partial charge in [0.05, 0.1) is 11.4 Å². The van der Waals surface area contributed by atoms with Gasteiger partial charge in [0.2, 0.25) is 5.82 Å². The second kappa shape index (κ2) is 5.54. The maximum atomic E-state index is 11.2. The smallest absolute Gasteiger partial charge is 0.373 e. The van der Waals surface area contributed by atoms with Crippen molar-refractivity contribution in [1.29, 1.82) is 0 Å². The number of benzene rings is 2. The van der Waals surface area contributed by atoms with E-state index in [1.807, 2.05) is 60.7 Å². The number of nitrogens with zero attached hydrogens (tertiary/aromatic N) is 2. The van der Waals surface area contributed by atoms with Crippen LogP contribution in [0.3, 0.4) is 0 Å². The van der Waals surface area contributed by atoms with E-state index in [4.69, 9.17) is 0 Å². The molecule has 0 spiro atoms. The van der Waals surface area contributed by atoms with Crippen LogP contribution in [-0.2, 0) is 0 Å². The highest BCUT2D eigenvalue weighted by atomic mass is 16.4. The first-order chi connectivity index (χ1) is 10.2. The molecule has 2 aromatic carbocycles. The molecule has 102 valence electrons. The SMILES string of the molecule is O=C(O)c1nc(-c2ccccc2)cc(-c2ccccc2)n1. The normalized spacial score (nSPS) is 10.3. The molecule has 0 bridgehead atoms. The van der Waals surface area contributed by atoms with Gasteiger partial charge in [-0.05, 0) is 6.07 Å². The molecule has 0 saturated heterocycles. The Balaban J connectivity index is 2.18. The highest BCUT2D eigenvalue weighted by Gasteiger charge is 2.12. The third-order valence-electron chi connectivity index (χ3n) is 3.06. The number of aromatic nitrogens is 2. The fraction of sp³-hybridized carbons (Fsp3) is 0. The van der Waals surface area contributed by atoms with Crippen molar-refractivity contribution >= 4 is 5.97 Å². The standard InChI is InChI=1S/C17H12N2O2/c20-17(21)16-18-14(12-7-3-1-4-8-12)11-15(19-16)13-9-5-2-6-10-13/h1-11H,(H,20,21). The highest BCUT2D eigenvalue weighted by molar-refractivity contribution is 5.85. The quantitative estimate of drug-likeness (QED) is 0.795. The number of hydrogen-bond donors (Lipinski definition) is 1. The van der Waals surface area contributed by atoms with Crippen LogP contribution in [-0.4, -0.2) is 21.0 Å². The second-order valence-corrected chi connectivity index (χ2v) is 4.50. The van der Waals surface area contributed by atoms with Crippen LogP contribution < -0.4 is 0 Å². The van der Waals surface area contributed by atoms with E-state index in [1.165, 1.54) is 0 Å². The van der Waals surface area contributed by atoms with Gasteiger partial charge in [-0.25, -0.2) is 14.8 Å². The first kappa shape index (κ1) is 13.0. The Morgan fingerprint density at radius 3 is 1.57 bits per heavy atom. The van der Waals surface area contributed by atoms with Crippen molar-refractivity contribution < 1.29 is 9.90 Å². The van der Waals surface area contributed by atoms with Gasteiger partial charge in [0, 0.05) is 11.1 Å². The second-order valence-electron chi connectivity index (χ2n) is 4.50. The molecular weight excluding hydrogens is 264 g/mol. The van der Waals surface area contributed by atoms with Crippen molar-refractivity contribution in [2.45, 2.75) is 0 Å². The van der Waals surface area contributed by atoms with Crippen LogP contribution in [0.25, 0.3) is 22.5 Å². The predicted molar refractivity (Wildman–Crippen MR) is 79.9 cm³/mol. The molecule has 0 aliphatic rings. The molecular formula is C17H12N2O2. The Kier molecular flexibility index (Phi) is 3.43. The van der Waals surface area contributed by atoms with Gasteiger partial charge in [-0.2, -0.15) is 0 Å². The summed E-state index contributed by atoms with van der Waals surface area (Å²) in [5, 5.41) is 9.20. The van der Waals surface area contributed by atoms with E-state index in [1.54, 1.807) is 6.07 Å². The largest absolute Gasteiger partial charge is 0.475 e. The number of hydrogen-bond acceptors (Lipinski definition) is 3. The summed E-state index contributed by atoms with van der Waals surface area (Å²) >= 11 is 0. The lowest BCUT2D eigenvalue weighted by Crippen LogP contribution is -2.06. The van der Waals surface area contributed by atoms with E-state index >= 15 is 0 Å². The zero-order valence-corrected chi connectivity index (χ0v) is 11.1. The van der Waals surface area contributed by atoms with Gasteiger partial charge in [-0.15, -0.1) is 0 Å². The molecule has 4 heteroatoms. The van der Waals surface area contributed by atoms with Crippen LogP contribution in [0.5, 0.6) is 0 Å². The maximum absolute atomic E-state index is 11.2. The molecule has 0 aliphatic heterocycles. The molecule has 0 unspecified atom stereocenters. The number of carboxylic acids is 1. The number of rotatable bonds is 3. The number of carbonyl (C=O) groups is 1. The van der Waals surface area contributed by atoms with Crippen LogP contribution >= 0.6 is 0 Å². The van der Waals surface area contributed by atoms with E-state index in [9.17, 15) is 9.90 Å². The zero-order valence-electron chi connectivity index (χ0n) is 11.1. The lowest BCUT2D eigenvalue weighted by Gasteiger charge is -2.06. The molecule has 4 nitrogen and oxygen atoms in total.